The first-order chi connectivity index (χ1) is 17.9. The van der Waals surface area contributed by atoms with Crippen LogP contribution in [0.4, 0.5) is 0 Å². The van der Waals surface area contributed by atoms with Gasteiger partial charge in [0.15, 0.2) is 23.0 Å². The van der Waals surface area contributed by atoms with E-state index in [0.29, 0.717) is 52.4 Å². The molecule has 11 nitrogen and oxygen atoms in total. The average molecular weight is 556 g/mol. The maximum absolute atomic E-state index is 12.6. The summed E-state index contributed by atoms with van der Waals surface area (Å²) in [5, 5.41) is 0. The minimum atomic E-state index is -4.68. The molecular weight excluding hydrogens is 517 g/mol. The molecule has 1 aliphatic rings. The fourth-order valence-electron chi connectivity index (χ4n) is 4.19. The van der Waals surface area contributed by atoms with E-state index in [2.05, 4.69) is 0 Å². The van der Waals surface area contributed by atoms with Crippen molar-refractivity contribution in [2.45, 2.75) is 25.0 Å². The van der Waals surface area contributed by atoms with Gasteiger partial charge >= 0.3 is 7.82 Å². The molecule has 1 fully saturated rings. The van der Waals surface area contributed by atoms with Crippen LogP contribution >= 0.6 is 7.82 Å². The van der Waals surface area contributed by atoms with Gasteiger partial charge in [0.25, 0.3) is 0 Å². The summed E-state index contributed by atoms with van der Waals surface area (Å²) < 4.78 is 57.2. The Balaban J connectivity index is 1.86. The van der Waals surface area contributed by atoms with Gasteiger partial charge in [0, 0.05) is 0 Å². The van der Waals surface area contributed by atoms with Crippen LogP contribution < -0.4 is 33.1 Å². The number of likely N-dealkylation sites (N-methyl/N-ethyl adjacent to an activating group) is 1. The van der Waals surface area contributed by atoms with Gasteiger partial charge in [-0.05, 0) is 48.2 Å². The highest BCUT2D eigenvalue weighted by molar-refractivity contribution is 7.46. The molecule has 0 radical (unpaired) electrons. The minimum Gasteiger partial charge on any atom is -0.746 e. The first kappa shape index (κ1) is 29.9. The highest BCUT2D eigenvalue weighted by atomic mass is 31.2. The zero-order chi connectivity index (χ0) is 28.1. The van der Waals surface area contributed by atoms with Gasteiger partial charge < -0.3 is 46.8 Å². The normalized spacial score (nSPS) is 19.0. The molecule has 0 spiro atoms. The fraction of sp³-hybridized carbons (Fsp3) is 0.538. The molecule has 3 atom stereocenters. The van der Waals surface area contributed by atoms with Crippen molar-refractivity contribution < 1.29 is 51.4 Å². The van der Waals surface area contributed by atoms with E-state index in [1.165, 1.54) is 14.2 Å². The second-order valence-electron chi connectivity index (χ2n) is 9.79. The van der Waals surface area contributed by atoms with Crippen LogP contribution in [0, 0.1) is 0 Å². The van der Waals surface area contributed by atoms with Crippen molar-refractivity contribution >= 4 is 7.82 Å². The van der Waals surface area contributed by atoms with Crippen molar-refractivity contribution in [2.24, 2.45) is 0 Å². The third-order valence-corrected chi connectivity index (χ3v) is 7.06. The molecule has 0 bridgehead atoms. The lowest BCUT2D eigenvalue weighted by Gasteiger charge is -2.28. The molecule has 1 unspecified atom stereocenters. The van der Waals surface area contributed by atoms with Gasteiger partial charge in [0.2, 0.25) is 11.5 Å². The Morgan fingerprint density at radius 2 is 1.21 bits per heavy atom. The molecule has 0 aliphatic carbocycles. The predicted octanol–water partition coefficient (Wildman–Crippen LogP) is 3.89. The van der Waals surface area contributed by atoms with Crippen LogP contribution in [-0.2, 0) is 13.8 Å². The number of phosphoric acid groups is 1. The van der Waals surface area contributed by atoms with E-state index in [1.807, 2.05) is 33.3 Å². The van der Waals surface area contributed by atoms with E-state index < -0.39 is 7.82 Å². The van der Waals surface area contributed by atoms with Crippen LogP contribution in [0.1, 0.15) is 36.2 Å². The Hall–Kier alpha value is -2.69. The Morgan fingerprint density at radius 1 is 0.789 bits per heavy atom. The summed E-state index contributed by atoms with van der Waals surface area (Å²) in [4.78, 5) is 12.6. The van der Waals surface area contributed by atoms with Gasteiger partial charge in [-0.25, -0.2) is 0 Å². The number of benzene rings is 2. The molecule has 1 aliphatic heterocycles. The number of hydrogen-bond acceptors (Lipinski definition) is 10. The molecule has 1 saturated heterocycles. The summed E-state index contributed by atoms with van der Waals surface area (Å²) in [7, 11) is 8.67. The second-order valence-corrected chi connectivity index (χ2v) is 11.1. The summed E-state index contributed by atoms with van der Waals surface area (Å²) in [5.41, 5.74) is 1.55. The van der Waals surface area contributed by atoms with Crippen LogP contribution in [0.3, 0.4) is 0 Å². The van der Waals surface area contributed by atoms with Crippen LogP contribution in [0.25, 0.3) is 0 Å². The van der Waals surface area contributed by atoms with Crippen LogP contribution in [-0.4, -0.2) is 74.3 Å². The van der Waals surface area contributed by atoms with Crippen molar-refractivity contribution in [2.75, 3.05) is 69.8 Å². The molecule has 212 valence electrons. The molecule has 2 aromatic carbocycles. The highest BCUT2D eigenvalue weighted by Crippen LogP contribution is 2.51. The molecule has 0 aromatic heterocycles. The van der Waals surface area contributed by atoms with Gasteiger partial charge in [-0.1, -0.05) is 0 Å². The summed E-state index contributed by atoms with van der Waals surface area (Å²) in [6.45, 7) is 0.458. The molecule has 0 saturated carbocycles. The van der Waals surface area contributed by atoms with Crippen molar-refractivity contribution in [1.82, 2.24) is 0 Å². The lowest BCUT2D eigenvalue weighted by atomic mass is 10.0. The number of ether oxygens (including phenoxy) is 6. The van der Waals surface area contributed by atoms with Crippen LogP contribution in [0.2, 0.25) is 0 Å². The molecule has 2 aromatic rings. The van der Waals surface area contributed by atoms with Gasteiger partial charge in [0.1, 0.15) is 13.2 Å². The lowest BCUT2D eigenvalue weighted by molar-refractivity contribution is -0.870. The molecule has 38 heavy (non-hydrogen) atoms. The van der Waals surface area contributed by atoms with Crippen molar-refractivity contribution in [3.05, 3.63) is 35.4 Å². The number of nitrogens with zero attached hydrogens (tertiary/aromatic N) is 1. The first-order valence-electron chi connectivity index (χ1n) is 12.1. The Bertz CT molecular complexity index is 1120. The molecule has 0 amide bonds. The zero-order valence-corrected chi connectivity index (χ0v) is 24.2. The number of rotatable bonds is 13. The summed E-state index contributed by atoms with van der Waals surface area (Å²) in [6, 6.07) is 7.05. The average Bonchev–Trinajstić information content (AvgIpc) is 3.36. The van der Waals surface area contributed by atoms with E-state index in [4.69, 9.17) is 37.5 Å². The van der Waals surface area contributed by atoms with E-state index in [0.717, 1.165) is 5.56 Å². The number of hydrogen-bond donors (Lipinski definition) is 0. The van der Waals surface area contributed by atoms with Crippen molar-refractivity contribution in [1.29, 1.82) is 0 Å². The highest BCUT2D eigenvalue weighted by Gasteiger charge is 2.31. The molecule has 3 rings (SSSR count). The summed E-state index contributed by atoms with van der Waals surface area (Å²) >= 11 is 0. The van der Waals surface area contributed by atoms with Crippen molar-refractivity contribution in [3.63, 3.8) is 0 Å². The van der Waals surface area contributed by atoms with E-state index in [1.54, 1.807) is 33.5 Å². The number of phosphoric ester groups is 1. The number of quaternary nitrogens is 1. The predicted molar refractivity (Wildman–Crippen MR) is 139 cm³/mol. The quantitative estimate of drug-likeness (QED) is 0.266. The van der Waals surface area contributed by atoms with Crippen LogP contribution in [0.5, 0.6) is 34.5 Å². The van der Waals surface area contributed by atoms with Gasteiger partial charge in [0.05, 0.1) is 68.9 Å². The monoisotopic (exact) mass is 555 g/mol. The maximum Gasteiger partial charge on any atom is 0.320 e. The van der Waals surface area contributed by atoms with E-state index in [9.17, 15) is 9.46 Å². The van der Waals surface area contributed by atoms with Gasteiger partial charge in [-0.15, -0.1) is 0 Å². The van der Waals surface area contributed by atoms with E-state index in [-0.39, 0.29) is 30.3 Å². The maximum atomic E-state index is 12.6. The Kier molecular flexibility index (Phi) is 9.78. The number of methoxy groups -OCH3 is 5. The largest absolute Gasteiger partial charge is 0.746 e. The minimum absolute atomic E-state index is 0.0222. The zero-order valence-electron chi connectivity index (χ0n) is 23.3. The smallest absolute Gasteiger partial charge is 0.320 e. The molecule has 0 N–H and O–H groups in total. The summed E-state index contributed by atoms with van der Waals surface area (Å²) in [6.07, 6.45) is 0.773. The second kappa shape index (κ2) is 12.4. The Morgan fingerprint density at radius 3 is 1.61 bits per heavy atom. The van der Waals surface area contributed by atoms with Gasteiger partial charge in [-0.3, -0.25) is 4.57 Å². The molecule has 1 heterocycles. The standard InChI is InChI=1S/C26H38NO10P/c1-27(2,3)11-12-35-38(28,29)37-24-16-18(15-23(32-6)26(24)34-8)20-10-9-19(36-20)17-13-21(30-4)25(33-7)22(14-17)31-5/h13-16,19-20H,9-12H2,1-8H3/t19-,20-/m1/s1. The van der Waals surface area contributed by atoms with E-state index >= 15 is 0 Å². The topological polar surface area (TPSA) is 114 Å². The summed E-state index contributed by atoms with van der Waals surface area (Å²) in [5.74, 6) is 1.98. The van der Waals surface area contributed by atoms with Crippen LogP contribution in [0.15, 0.2) is 24.3 Å². The first-order valence-corrected chi connectivity index (χ1v) is 13.6. The third kappa shape index (κ3) is 7.24. The molecular formula is C26H38NO10P. The van der Waals surface area contributed by atoms with Crippen molar-refractivity contribution in [3.8, 4) is 34.5 Å². The Labute approximate surface area is 224 Å². The van der Waals surface area contributed by atoms with Gasteiger partial charge in [-0.2, -0.15) is 0 Å². The fourth-order valence-corrected chi connectivity index (χ4v) is 4.93. The molecule has 12 heteroatoms. The SMILES string of the molecule is COc1cc([C@H]2CC[C@H](c3cc(OC)c(OC)c(OP(=O)([O-])OCC[N+](C)(C)C)c3)O2)cc(OC)c1OC. The lowest BCUT2D eigenvalue weighted by Crippen LogP contribution is -2.37. The third-order valence-electron chi connectivity index (χ3n) is 6.14.